The van der Waals surface area contributed by atoms with Crippen LogP contribution in [0.2, 0.25) is 0 Å². The topological polar surface area (TPSA) is 87.7 Å². The Morgan fingerprint density at radius 2 is 1.79 bits per heavy atom. The number of ether oxygens (including phenoxy) is 2. The predicted molar refractivity (Wildman–Crippen MR) is 151 cm³/mol. The van der Waals surface area contributed by atoms with Gasteiger partial charge in [-0.15, -0.1) is 13.2 Å². The highest BCUT2D eigenvalue weighted by Gasteiger charge is 2.42. The van der Waals surface area contributed by atoms with Crippen LogP contribution in [0.5, 0.6) is 5.75 Å². The highest BCUT2D eigenvalue weighted by molar-refractivity contribution is 5.93. The molecule has 7 nitrogen and oxygen atoms in total. The molecule has 2 saturated heterocycles. The van der Waals surface area contributed by atoms with Crippen molar-refractivity contribution in [3.05, 3.63) is 77.7 Å². The predicted octanol–water partition coefficient (Wildman–Crippen LogP) is 7.42. The van der Waals surface area contributed by atoms with E-state index in [9.17, 15) is 23.1 Å². The van der Waals surface area contributed by atoms with E-state index < -0.39 is 12.3 Å². The average molecular weight is 578 g/mol. The van der Waals surface area contributed by atoms with Crippen LogP contribution in [0.15, 0.2) is 60.9 Å². The van der Waals surface area contributed by atoms with E-state index in [2.05, 4.69) is 19.6 Å². The molecule has 1 aliphatic carbocycles. The van der Waals surface area contributed by atoms with Gasteiger partial charge in [0.2, 0.25) is 0 Å². The molecule has 3 aliphatic rings. The minimum atomic E-state index is -4.78. The van der Waals surface area contributed by atoms with Gasteiger partial charge >= 0.3 is 12.3 Å². The van der Waals surface area contributed by atoms with E-state index in [1.807, 2.05) is 18.2 Å². The quantitative estimate of drug-likeness (QED) is 0.227. The normalized spacial score (nSPS) is 22.1. The molecule has 218 valence electrons. The van der Waals surface area contributed by atoms with Crippen molar-refractivity contribution in [2.75, 3.05) is 4.90 Å². The third-order valence-electron chi connectivity index (χ3n) is 8.78. The number of aromatic amines is 1. The number of hydrogen-bond acceptors (Lipinski definition) is 5. The van der Waals surface area contributed by atoms with Gasteiger partial charge in [0.05, 0.1) is 23.8 Å². The Kier molecular flexibility index (Phi) is 6.61. The van der Waals surface area contributed by atoms with Crippen molar-refractivity contribution in [2.24, 2.45) is 0 Å². The molecule has 2 unspecified atom stereocenters. The third kappa shape index (κ3) is 5.19. The third-order valence-corrected chi connectivity index (χ3v) is 8.78. The van der Waals surface area contributed by atoms with Crippen LogP contribution in [0.3, 0.4) is 0 Å². The summed E-state index contributed by atoms with van der Waals surface area (Å²) in [6.45, 7) is 0.320. The fourth-order valence-corrected chi connectivity index (χ4v) is 6.78. The highest BCUT2D eigenvalue weighted by Crippen LogP contribution is 2.46. The summed E-state index contributed by atoms with van der Waals surface area (Å²) in [5.74, 6) is -0.842. The zero-order valence-electron chi connectivity index (χ0n) is 22.7. The SMILES string of the molecule is O=C(O)c1cnc2cc(N3C4CCC3CC(OCc3c(-c5ccccc5OC(F)(F)F)c[nH]c3C3CC3)C4)ccc2c1. The molecule has 2 aliphatic heterocycles. The summed E-state index contributed by atoms with van der Waals surface area (Å²) in [5, 5.41) is 10.1. The molecule has 0 amide bonds. The molecule has 42 heavy (non-hydrogen) atoms. The number of nitrogens with zero attached hydrogens (tertiary/aromatic N) is 2. The van der Waals surface area contributed by atoms with Crippen LogP contribution in [0.25, 0.3) is 22.0 Å². The van der Waals surface area contributed by atoms with Gasteiger partial charge in [0.1, 0.15) is 5.75 Å². The maximum Gasteiger partial charge on any atom is 0.573 e. The molecule has 7 rings (SSSR count). The first-order valence-corrected chi connectivity index (χ1v) is 14.3. The number of aromatic nitrogens is 2. The maximum absolute atomic E-state index is 13.1. The molecular formula is C32H30F3N3O4. The minimum Gasteiger partial charge on any atom is -0.478 e. The number of halogens is 3. The summed E-state index contributed by atoms with van der Waals surface area (Å²) < 4.78 is 50.3. The molecule has 10 heteroatoms. The van der Waals surface area contributed by atoms with Gasteiger partial charge < -0.3 is 24.5 Å². The average Bonchev–Trinajstić information content (AvgIpc) is 3.66. The van der Waals surface area contributed by atoms with Gasteiger partial charge in [-0.05, 0) is 68.7 Å². The van der Waals surface area contributed by atoms with Crippen molar-refractivity contribution >= 4 is 22.6 Å². The number of pyridine rings is 1. The number of anilines is 1. The second kappa shape index (κ2) is 10.3. The molecule has 0 radical (unpaired) electrons. The van der Waals surface area contributed by atoms with Crippen LogP contribution >= 0.6 is 0 Å². The van der Waals surface area contributed by atoms with Crippen LogP contribution in [0.1, 0.15) is 66.1 Å². The number of carbonyl (C=O) groups is 1. The van der Waals surface area contributed by atoms with E-state index >= 15 is 0 Å². The molecule has 2 aromatic heterocycles. The number of piperidine rings is 1. The summed E-state index contributed by atoms with van der Waals surface area (Å²) in [4.78, 5) is 21.5. The van der Waals surface area contributed by atoms with Gasteiger partial charge in [-0.2, -0.15) is 0 Å². The summed E-state index contributed by atoms with van der Waals surface area (Å²) in [7, 11) is 0. The molecule has 3 fully saturated rings. The van der Waals surface area contributed by atoms with Gasteiger partial charge in [0.25, 0.3) is 0 Å². The number of alkyl halides is 3. The van der Waals surface area contributed by atoms with Crippen LogP contribution in [-0.2, 0) is 11.3 Å². The van der Waals surface area contributed by atoms with Crippen molar-refractivity contribution in [1.82, 2.24) is 9.97 Å². The summed E-state index contributed by atoms with van der Waals surface area (Å²) in [6.07, 6.45) is 4.34. The number of carboxylic acids is 1. The standard InChI is InChI=1S/C32H30F3N3O4/c33-32(34,35)42-29-4-2-1-3-25(29)26-16-37-30(18-5-6-18)27(26)17-41-24-12-21-9-10-22(13-24)38(21)23-8-7-19-11-20(31(39)40)15-36-28(19)14-23/h1-4,7-8,11,14-16,18,21-22,24,37H,5-6,9-10,12-13,17H2,(H,39,40). The first kappa shape index (κ1) is 26.8. The summed E-state index contributed by atoms with van der Waals surface area (Å²) >= 11 is 0. The molecule has 0 spiro atoms. The van der Waals surface area contributed by atoms with Crippen molar-refractivity contribution < 1.29 is 32.5 Å². The molecule has 2 atom stereocenters. The van der Waals surface area contributed by atoms with Gasteiger partial charge in [-0.25, -0.2) is 4.79 Å². The van der Waals surface area contributed by atoms with Gasteiger partial charge in [-0.3, -0.25) is 4.98 Å². The Hall–Kier alpha value is -4.05. The highest BCUT2D eigenvalue weighted by atomic mass is 19.4. The largest absolute Gasteiger partial charge is 0.573 e. The molecule has 2 bridgehead atoms. The number of carboxylic acid groups (broad SMARTS) is 1. The van der Waals surface area contributed by atoms with Gasteiger partial charge in [0.15, 0.2) is 0 Å². The van der Waals surface area contributed by atoms with Crippen LogP contribution in [0, 0.1) is 0 Å². The molecular weight excluding hydrogens is 547 g/mol. The van der Waals surface area contributed by atoms with Gasteiger partial charge in [-0.1, -0.05) is 24.3 Å². The second-order valence-corrected chi connectivity index (χ2v) is 11.5. The van der Waals surface area contributed by atoms with Crippen LogP contribution in [0.4, 0.5) is 18.9 Å². The lowest BCUT2D eigenvalue weighted by Crippen LogP contribution is -2.45. The number of H-pyrrole nitrogens is 1. The number of nitrogens with one attached hydrogen (secondary N) is 1. The monoisotopic (exact) mass is 577 g/mol. The molecule has 2 aromatic carbocycles. The number of aromatic carboxylic acids is 1. The van der Waals surface area contributed by atoms with Gasteiger partial charge in [0, 0.05) is 57.9 Å². The molecule has 4 aromatic rings. The zero-order valence-corrected chi connectivity index (χ0v) is 22.7. The lowest BCUT2D eigenvalue weighted by atomic mass is 9.97. The lowest BCUT2D eigenvalue weighted by Gasteiger charge is -2.40. The van der Waals surface area contributed by atoms with E-state index in [4.69, 9.17) is 4.74 Å². The number of rotatable bonds is 8. The smallest absolute Gasteiger partial charge is 0.478 e. The van der Waals surface area contributed by atoms with Crippen molar-refractivity contribution in [3.8, 4) is 16.9 Å². The van der Waals surface area contributed by atoms with E-state index in [1.165, 1.54) is 18.3 Å². The van der Waals surface area contributed by atoms with Crippen molar-refractivity contribution in [3.63, 3.8) is 0 Å². The molecule has 4 heterocycles. The Morgan fingerprint density at radius 1 is 1.02 bits per heavy atom. The summed E-state index contributed by atoms with van der Waals surface area (Å²) in [6, 6.07) is 14.5. The number of benzene rings is 2. The number of hydrogen-bond donors (Lipinski definition) is 2. The van der Waals surface area contributed by atoms with Crippen molar-refractivity contribution in [2.45, 2.75) is 75.6 Å². The Morgan fingerprint density at radius 3 is 2.50 bits per heavy atom. The number of fused-ring (bicyclic) bond motifs is 3. The first-order chi connectivity index (χ1) is 20.2. The van der Waals surface area contributed by atoms with E-state index in [-0.39, 0.29) is 17.4 Å². The van der Waals surface area contributed by atoms with E-state index in [0.717, 1.165) is 66.4 Å². The van der Waals surface area contributed by atoms with Crippen LogP contribution in [-0.4, -0.2) is 45.6 Å². The van der Waals surface area contributed by atoms with Crippen LogP contribution < -0.4 is 9.64 Å². The summed E-state index contributed by atoms with van der Waals surface area (Å²) in [5.41, 5.74) is 5.04. The Labute approximate surface area is 240 Å². The fraction of sp³-hybridized carbons (Fsp3) is 0.375. The zero-order chi connectivity index (χ0) is 29.0. The Bertz CT molecular complexity index is 1630. The second-order valence-electron chi connectivity index (χ2n) is 11.5. The van der Waals surface area contributed by atoms with E-state index in [1.54, 1.807) is 24.4 Å². The minimum absolute atomic E-state index is 0.0342. The molecule has 1 saturated carbocycles. The van der Waals surface area contributed by atoms with Crippen molar-refractivity contribution in [1.29, 1.82) is 0 Å². The molecule has 2 N–H and O–H groups in total. The maximum atomic E-state index is 13.1. The number of para-hydroxylation sites is 1. The fourth-order valence-electron chi connectivity index (χ4n) is 6.78. The first-order valence-electron chi connectivity index (χ1n) is 14.3. The Balaban J connectivity index is 1.09. The lowest BCUT2D eigenvalue weighted by molar-refractivity contribution is -0.274. The van der Waals surface area contributed by atoms with E-state index in [0.29, 0.717) is 35.7 Å².